The van der Waals surface area contributed by atoms with Gasteiger partial charge < -0.3 is 15.8 Å². The van der Waals surface area contributed by atoms with Gasteiger partial charge in [-0.15, -0.1) is 0 Å². The Hall–Kier alpha value is -1.71. The first-order valence-electron chi connectivity index (χ1n) is 5.04. The van der Waals surface area contributed by atoms with Gasteiger partial charge in [0.2, 0.25) is 0 Å². The van der Waals surface area contributed by atoms with Gasteiger partial charge in [-0.25, -0.2) is 0 Å². The van der Waals surface area contributed by atoms with E-state index in [2.05, 4.69) is 5.32 Å². The van der Waals surface area contributed by atoms with Gasteiger partial charge in [-0.1, -0.05) is 6.07 Å². The summed E-state index contributed by atoms with van der Waals surface area (Å²) in [6, 6.07) is 5.80. The van der Waals surface area contributed by atoms with Crippen molar-refractivity contribution in [3.63, 3.8) is 0 Å². The lowest BCUT2D eigenvalue weighted by molar-refractivity contribution is -0.119. The standard InChI is InChI=1S/C11H14N2O2/c12-11(14)7-15-10-5-1-4-9-8(10)3-2-6-13-9/h1,4-5,13H,2-3,6-7H2,(H2,12,14). The minimum absolute atomic E-state index is 0.0591. The number of nitrogens with two attached hydrogens (primary N) is 1. The van der Waals surface area contributed by atoms with Gasteiger partial charge in [0.05, 0.1) is 0 Å². The van der Waals surface area contributed by atoms with Gasteiger partial charge >= 0.3 is 0 Å². The fourth-order valence-electron chi connectivity index (χ4n) is 1.76. The van der Waals surface area contributed by atoms with Crippen LogP contribution in [-0.4, -0.2) is 19.1 Å². The van der Waals surface area contributed by atoms with Gasteiger partial charge in [0.15, 0.2) is 6.61 Å². The topological polar surface area (TPSA) is 64.4 Å². The number of hydrogen-bond donors (Lipinski definition) is 2. The molecule has 0 atom stereocenters. The fraction of sp³-hybridized carbons (Fsp3) is 0.364. The number of carbonyl (C=O) groups is 1. The second kappa shape index (κ2) is 4.21. The zero-order chi connectivity index (χ0) is 10.7. The molecule has 1 aromatic rings. The largest absolute Gasteiger partial charge is 0.483 e. The maximum absolute atomic E-state index is 10.6. The van der Waals surface area contributed by atoms with E-state index in [1.807, 2.05) is 18.2 Å². The van der Waals surface area contributed by atoms with Gasteiger partial charge in [-0.2, -0.15) is 0 Å². The summed E-state index contributed by atoms with van der Waals surface area (Å²) in [5.41, 5.74) is 7.28. The van der Waals surface area contributed by atoms with E-state index < -0.39 is 5.91 Å². The van der Waals surface area contributed by atoms with Crippen LogP contribution < -0.4 is 15.8 Å². The molecule has 3 N–H and O–H groups in total. The molecule has 1 aliphatic rings. The van der Waals surface area contributed by atoms with Crippen LogP contribution in [0.3, 0.4) is 0 Å². The molecule has 2 rings (SSSR count). The van der Waals surface area contributed by atoms with E-state index >= 15 is 0 Å². The fourth-order valence-corrected chi connectivity index (χ4v) is 1.76. The molecule has 1 heterocycles. The highest BCUT2D eigenvalue weighted by Crippen LogP contribution is 2.30. The lowest BCUT2D eigenvalue weighted by Gasteiger charge is -2.20. The van der Waals surface area contributed by atoms with Crippen LogP contribution in [0.5, 0.6) is 5.75 Å². The van der Waals surface area contributed by atoms with E-state index in [-0.39, 0.29) is 6.61 Å². The Morgan fingerprint density at radius 3 is 3.20 bits per heavy atom. The quantitative estimate of drug-likeness (QED) is 0.772. The molecule has 0 spiro atoms. The minimum Gasteiger partial charge on any atom is -0.483 e. The average molecular weight is 206 g/mol. The van der Waals surface area contributed by atoms with Crippen LogP contribution in [0.4, 0.5) is 5.69 Å². The van der Waals surface area contributed by atoms with Crippen molar-refractivity contribution in [3.05, 3.63) is 23.8 Å². The Morgan fingerprint density at radius 2 is 2.40 bits per heavy atom. The number of anilines is 1. The molecule has 4 heteroatoms. The first-order valence-corrected chi connectivity index (χ1v) is 5.04. The number of carbonyl (C=O) groups excluding carboxylic acids is 1. The lowest BCUT2D eigenvalue weighted by atomic mass is 10.0. The molecular formula is C11H14N2O2. The highest BCUT2D eigenvalue weighted by Gasteiger charge is 2.13. The number of rotatable bonds is 3. The first kappa shape index (κ1) is 9.83. The monoisotopic (exact) mass is 206 g/mol. The zero-order valence-electron chi connectivity index (χ0n) is 8.45. The van der Waals surface area contributed by atoms with Crippen LogP contribution in [0, 0.1) is 0 Å². The highest BCUT2D eigenvalue weighted by molar-refractivity contribution is 5.75. The molecule has 0 radical (unpaired) electrons. The number of nitrogens with one attached hydrogen (secondary N) is 1. The second-order valence-corrected chi connectivity index (χ2v) is 3.57. The van der Waals surface area contributed by atoms with Crippen molar-refractivity contribution < 1.29 is 9.53 Å². The summed E-state index contributed by atoms with van der Waals surface area (Å²) in [7, 11) is 0. The Labute approximate surface area is 88.4 Å². The van der Waals surface area contributed by atoms with Gasteiger partial charge in [0.1, 0.15) is 5.75 Å². The van der Waals surface area contributed by atoms with Crippen LogP contribution in [0.25, 0.3) is 0 Å². The Morgan fingerprint density at radius 1 is 1.53 bits per heavy atom. The zero-order valence-corrected chi connectivity index (χ0v) is 8.45. The van der Waals surface area contributed by atoms with E-state index in [1.165, 1.54) is 0 Å². The molecule has 0 saturated heterocycles. The van der Waals surface area contributed by atoms with Crippen molar-refractivity contribution in [2.75, 3.05) is 18.5 Å². The molecule has 0 bridgehead atoms. The van der Waals surface area contributed by atoms with E-state index in [4.69, 9.17) is 10.5 Å². The summed E-state index contributed by atoms with van der Waals surface area (Å²) in [4.78, 5) is 10.6. The third-order valence-corrected chi connectivity index (χ3v) is 2.42. The van der Waals surface area contributed by atoms with Crippen LogP contribution in [0.15, 0.2) is 18.2 Å². The van der Waals surface area contributed by atoms with Crippen molar-refractivity contribution in [1.82, 2.24) is 0 Å². The maximum atomic E-state index is 10.6. The molecule has 1 aromatic carbocycles. The third-order valence-electron chi connectivity index (χ3n) is 2.42. The van der Waals surface area contributed by atoms with Crippen molar-refractivity contribution in [3.8, 4) is 5.75 Å². The summed E-state index contributed by atoms with van der Waals surface area (Å²) in [5.74, 6) is 0.315. The van der Waals surface area contributed by atoms with Crippen LogP contribution >= 0.6 is 0 Å². The van der Waals surface area contributed by atoms with Crippen molar-refractivity contribution >= 4 is 11.6 Å². The molecule has 0 aromatic heterocycles. The molecule has 80 valence electrons. The van der Waals surface area contributed by atoms with E-state index in [0.717, 1.165) is 36.4 Å². The molecule has 15 heavy (non-hydrogen) atoms. The van der Waals surface area contributed by atoms with Crippen LogP contribution in [0.2, 0.25) is 0 Å². The van der Waals surface area contributed by atoms with E-state index in [0.29, 0.717) is 0 Å². The highest BCUT2D eigenvalue weighted by atomic mass is 16.5. The van der Waals surface area contributed by atoms with Crippen LogP contribution in [-0.2, 0) is 11.2 Å². The predicted molar refractivity (Wildman–Crippen MR) is 57.9 cm³/mol. The third kappa shape index (κ3) is 2.21. The number of fused-ring (bicyclic) bond motifs is 1. The molecule has 1 aliphatic heterocycles. The molecule has 0 unspecified atom stereocenters. The minimum atomic E-state index is -0.448. The maximum Gasteiger partial charge on any atom is 0.255 e. The van der Waals surface area contributed by atoms with Crippen LogP contribution in [0.1, 0.15) is 12.0 Å². The van der Waals surface area contributed by atoms with Gasteiger partial charge in [-0.05, 0) is 25.0 Å². The molecule has 0 saturated carbocycles. The normalized spacial score (nSPS) is 13.9. The Kier molecular flexibility index (Phi) is 2.76. The summed E-state index contributed by atoms with van der Waals surface area (Å²) < 4.78 is 5.35. The van der Waals surface area contributed by atoms with Crippen molar-refractivity contribution in [2.45, 2.75) is 12.8 Å². The second-order valence-electron chi connectivity index (χ2n) is 3.57. The molecule has 0 aliphatic carbocycles. The summed E-state index contributed by atoms with van der Waals surface area (Å²) in [6.07, 6.45) is 2.07. The smallest absolute Gasteiger partial charge is 0.255 e. The van der Waals surface area contributed by atoms with Gasteiger partial charge in [0.25, 0.3) is 5.91 Å². The Bertz CT molecular complexity index is 377. The first-order chi connectivity index (χ1) is 7.27. The number of benzene rings is 1. The molecule has 0 fully saturated rings. The summed E-state index contributed by atoms with van der Waals surface area (Å²) >= 11 is 0. The molecular weight excluding hydrogens is 192 g/mol. The van der Waals surface area contributed by atoms with Gasteiger partial charge in [-0.3, -0.25) is 4.79 Å². The number of primary amides is 1. The van der Waals surface area contributed by atoms with Crippen molar-refractivity contribution in [2.24, 2.45) is 5.73 Å². The number of hydrogen-bond acceptors (Lipinski definition) is 3. The molecule has 4 nitrogen and oxygen atoms in total. The Balaban J connectivity index is 2.19. The summed E-state index contributed by atoms with van der Waals surface area (Å²) in [6.45, 7) is 0.933. The van der Waals surface area contributed by atoms with E-state index in [9.17, 15) is 4.79 Å². The average Bonchev–Trinajstić information content (AvgIpc) is 2.26. The molecule has 1 amide bonds. The van der Waals surface area contributed by atoms with Crippen molar-refractivity contribution in [1.29, 1.82) is 0 Å². The predicted octanol–water partition coefficient (Wildman–Crippen LogP) is 0.909. The lowest BCUT2D eigenvalue weighted by Crippen LogP contribution is -2.21. The SMILES string of the molecule is NC(=O)COc1cccc2c1CCCN2. The van der Waals surface area contributed by atoms with Gasteiger partial charge in [0, 0.05) is 17.8 Å². The number of ether oxygens (including phenoxy) is 1. The number of amides is 1. The summed E-state index contributed by atoms with van der Waals surface area (Å²) in [5, 5.41) is 3.29. The van der Waals surface area contributed by atoms with E-state index in [1.54, 1.807) is 0 Å².